The van der Waals surface area contributed by atoms with Crippen LogP contribution >= 0.6 is 0 Å². The molecule has 44 heavy (non-hydrogen) atoms. The monoisotopic (exact) mass is 652 g/mol. The fourth-order valence-electron chi connectivity index (χ4n) is 6.09. The number of ether oxygens (including phenoxy) is 1. The van der Waals surface area contributed by atoms with Crippen molar-refractivity contribution < 1.29 is 50.5 Å². The number of nitrogens with one attached hydrogen (secondary N) is 2. The van der Waals surface area contributed by atoms with Crippen molar-refractivity contribution in [2.24, 2.45) is 5.92 Å². The Morgan fingerprint density at radius 1 is 1.11 bits per heavy atom. The molecule has 1 saturated carbocycles. The summed E-state index contributed by atoms with van der Waals surface area (Å²) in [5.41, 5.74) is 4.66. The van der Waals surface area contributed by atoms with Crippen molar-refractivity contribution >= 4 is 34.0 Å². The molecule has 3 heterocycles. The number of nitrogens with zero attached hydrogens (tertiary/aromatic N) is 3. The lowest BCUT2D eigenvalue weighted by Gasteiger charge is -2.27. The zero-order valence-electron chi connectivity index (χ0n) is 25.0. The highest BCUT2D eigenvalue weighted by Crippen LogP contribution is 2.45. The van der Waals surface area contributed by atoms with Gasteiger partial charge in [-0.2, -0.15) is 12.7 Å². The van der Waals surface area contributed by atoms with Gasteiger partial charge >= 0.3 is 16.3 Å². The molecule has 5 rings (SSSR count). The Hall–Kier alpha value is -3.20. The van der Waals surface area contributed by atoms with E-state index >= 15 is 0 Å². The van der Waals surface area contributed by atoms with Crippen LogP contribution in [0.25, 0.3) is 0 Å². The Labute approximate surface area is 264 Å². The number of carbonyl (C=O) groups is 4. The van der Waals surface area contributed by atoms with Crippen LogP contribution in [-0.2, 0) is 42.4 Å². The minimum absolute atomic E-state index is 0. The lowest BCUT2D eigenvalue weighted by Crippen LogP contribution is -3.00. The molecule has 3 aliphatic heterocycles. The summed E-state index contributed by atoms with van der Waals surface area (Å²) in [5.74, 6) is -2.16. The summed E-state index contributed by atoms with van der Waals surface area (Å²) >= 11 is 0. The highest BCUT2D eigenvalue weighted by molar-refractivity contribution is 7.87. The fraction of sp³-hybridized carbons (Fsp3) is 0.586. The number of quaternary nitrogens is 1. The molecule has 4 aliphatic rings. The number of hydrogen-bond donors (Lipinski definition) is 3. The van der Waals surface area contributed by atoms with Gasteiger partial charge in [-0.15, -0.1) is 0 Å². The van der Waals surface area contributed by atoms with Crippen LogP contribution in [0.4, 0.5) is 4.79 Å². The summed E-state index contributed by atoms with van der Waals surface area (Å²) in [6.45, 7) is 0.849. The van der Waals surface area contributed by atoms with Crippen LogP contribution in [0.5, 0.6) is 0 Å². The van der Waals surface area contributed by atoms with E-state index in [1.54, 1.807) is 4.90 Å². The molecule has 13 nitrogen and oxygen atoms in total. The van der Waals surface area contributed by atoms with E-state index in [9.17, 15) is 27.6 Å². The first-order valence-electron chi connectivity index (χ1n) is 14.8. The molecule has 2 fully saturated rings. The molecule has 5 N–H and O–H groups in total. The first-order valence-corrected chi connectivity index (χ1v) is 16.2. The maximum Gasteiger partial charge on any atom is 0.410 e. The molecule has 1 aromatic rings. The van der Waals surface area contributed by atoms with Crippen LogP contribution in [-0.4, -0.2) is 90.7 Å². The second-order valence-corrected chi connectivity index (χ2v) is 14.0. The molecule has 0 bridgehead atoms. The van der Waals surface area contributed by atoms with E-state index in [0.717, 1.165) is 41.1 Å². The van der Waals surface area contributed by atoms with Crippen molar-refractivity contribution in [3.63, 3.8) is 0 Å². The van der Waals surface area contributed by atoms with E-state index in [-0.39, 0.29) is 37.7 Å². The highest BCUT2D eigenvalue weighted by Gasteiger charge is 2.61. The topological polar surface area (TPSA) is 173 Å². The molecular formula is C29H41ClN6O7S. The van der Waals surface area contributed by atoms with Gasteiger partial charge in [-0.25, -0.2) is 9.52 Å². The smallest absolute Gasteiger partial charge is 0.410 e. The van der Waals surface area contributed by atoms with Gasteiger partial charge in [0.15, 0.2) is 6.04 Å². The van der Waals surface area contributed by atoms with Crippen LogP contribution < -0.4 is 28.2 Å². The van der Waals surface area contributed by atoms with Crippen molar-refractivity contribution in [1.82, 2.24) is 24.1 Å². The number of rotatable bonds is 4. The molecule has 15 heteroatoms. The van der Waals surface area contributed by atoms with Crippen molar-refractivity contribution in [2.75, 3.05) is 20.6 Å². The van der Waals surface area contributed by atoms with Gasteiger partial charge in [-0.05, 0) is 36.8 Å². The summed E-state index contributed by atoms with van der Waals surface area (Å²) in [6.07, 6.45) is 6.69. The number of amides is 4. The minimum Gasteiger partial charge on any atom is -1.00 e. The lowest BCUT2D eigenvalue weighted by atomic mass is 10.1. The average Bonchev–Trinajstić information content (AvgIpc) is 3.28. The van der Waals surface area contributed by atoms with Crippen molar-refractivity contribution in [3.8, 4) is 0 Å². The molecule has 0 radical (unpaired) electrons. The van der Waals surface area contributed by atoms with Crippen molar-refractivity contribution in [1.29, 1.82) is 0 Å². The van der Waals surface area contributed by atoms with E-state index in [1.807, 2.05) is 36.4 Å². The summed E-state index contributed by atoms with van der Waals surface area (Å²) in [4.78, 5) is 56.8. The Balaban J connectivity index is 0.00000442. The van der Waals surface area contributed by atoms with Crippen LogP contribution in [0.15, 0.2) is 36.4 Å². The second-order valence-electron chi connectivity index (χ2n) is 12.1. The Morgan fingerprint density at radius 2 is 1.80 bits per heavy atom. The molecule has 0 unspecified atom stereocenters. The quantitative estimate of drug-likeness (QED) is 0.292. The molecular weight excluding hydrogens is 612 g/mol. The van der Waals surface area contributed by atoms with Gasteiger partial charge in [0.2, 0.25) is 5.91 Å². The molecule has 1 aromatic carbocycles. The lowest BCUT2D eigenvalue weighted by molar-refractivity contribution is -0.407. The molecule has 0 aromatic heterocycles. The number of benzene rings is 1. The molecule has 5 atom stereocenters. The average molecular weight is 653 g/mol. The Kier molecular flexibility index (Phi) is 10.3. The first kappa shape index (κ1) is 33.7. The third-order valence-corrected chi connectivity index (χ3v) is 10.2. The summed E-state index contributed by atoms with van der Waals surface area (Å²) in [7, 11) is -1.51. The van der Waals surface area contributed by atoms with Crippen LogP contribution in [0.1, 0.15) is 56.1 Å². The van der Waals surface area contributed by atoms with E-state index in [2.05, 4.69) is 15.8 Å². The predicted octanol–water partition coefficient (Wildman–Crippen LogP) is -2.96. The number of hydrogen-bond acceptors (Lipinski definition) is 7. The van der Waals surface area contributed by atoms with Gasteiger partial charge in [0.05, 0.1) is 6.54 Å². The van der Waals surface area contributed by atoms with Gasteiger partial charge in [-0.3, -0.25) is 19.3 Å². The third-order valence-electron chi connectivity index (χ3n) is 8.82. The van der Waals surface area contributed by atoms with Gasteiger partial charge in [0, 0.05) is 45.9 Å². The van der Waals surface area contributed by atoms with E-state index in [0.29, 0.717) is 19.5 Å². The zero-order chi connectivity index (χ0) is 30.9. The fourth-order valence-corrected chi connectivity index (χ4v) is 6.69. The first-order chi connectivity index (χ1) is 20.4. The minimum atomic E-state index is -4.10. The van der Waals surface area contributed by atoms with Crippen molar-refractivity contribution in [2.45, 2.75) is 81.8 Å². The Morgan fingerprint density at radius 3 is 2.45 bits per heavy atom. The summed E-state index contributed by atoms with van der Waals surface area (Å²) < 4.78 is 33.7. The van der Waals surface area contributed by atoms with Gasteiger partial charge in [0.1, 0.15) is 17.7 Å². The van der Waals surface area contributed by atoms with Gasteiger partial charge in [0.25, 0.3) is 11.8 Å². The number of fused-ring (bicyclic) bond motifs is 3. The van der Waals surface area contributed by atoms with Crippen LogP contribution in [0.2, 0.25) is 0 Å². The maximum absolute atomic E-state index is 13.8. The molecule has 4 amide bonds. The number of allylic oxidation sites excluding steroid dienone is 1. The molecule has 1 aliphatic carbocycles. The SMILES string of the molecule is CN(C)S(=O)(=O)NC(=O)[C@@]12C[C@H]1/C=C\CCCCC[C@H]([NH3+])C(=O)N1C[C@H](OC(=O)N3Cc4ccccc4C3)C[C@H]1C(=O)N2.[Cl-]. The van der Waals surface area contributed by atoms with Gasteiger partial charge < -0.3 is 33.1 Å². The Bertz CT molecular complexity index is 1400. The summed E-state index contributed by atoms with van der Waals surface area (Å²) in [5, 5.41) is 2.80. The van der Waals surface area contributed by atoms with Crippen molar-refractivity contribution in [3.05, 3.63) is 47.5 Å². The molecule has 242 valence electrons. The van der Waals surface area contributed by atoms with Crippen LogP contribution in [0.3, 0.4) is 0 Å². The third kappa shape index (κ3) is 7.03. The highest BCUT2D eigenvalue weighted by atomic mass is 35.5. The number of carbonyl (C=O) groups excluding carboxylic acids is 4. The molecule has 0 spiro atoms. The maximum atomic E-state index is 13.8. The summed E-state index contributed by atoms with van der Waals surface area (Å²) in [6, 6.07) is 6.15. The second kappa shape index (κ2) is 13.4. The van der Waals surface area contributed by atoms with Gasteiger partial charge in [-0.1, -0.05) is 42.8 Å². The van der Waals surface area contributed by atoms with E-state index in [4.69, 9.17) is 4.74 Å². The normalized spacial score (nSPS) is 29.6. The predicted molar refractivity (Wildman–Crippen MR) is 155 cm³/mol. The largest absolute Gasteiger partial charge is 1.00 e. The molecule has 1 saturated heterocycles. The number of halogens is 1. The zero-order valence-corrected chi connectivity index (χ0v) is 26.6. The van der Waals surface area contributed by atoms with E-state index < -0.39 is 57.8 Å². The standard InChI is InChI=1S/C29H40N6O7S.ClH/c1-33(2)43(40,41)32-27(38)29-15-21(29)12-6-4-3-5-7-13-23(30)26(37)35-18-22(14-24(35)25(36)31-29)42-28(39)34-16-19-10-8-9-11-20(19)17-34;/h6,8-12,21-24H,3-5,7,13-18,30H2,1-2H3,(H,31,36)(H,32,38);1H/b12-6-;/t21-,22-,23+,24+,29-;/m1./s1. The van der Waals surface area contributed by atoms with Crippen LogP contribution in [0, 0.1) is 5.92 Å². The van der Waals surface area contributed by atoms with E-state index in [1.165, 1.54) is 19.0 Å².